The van der Waals surface area contributed by atoms with Gasteiger partial charge in [-0.15, -0.1) is 0 Å². The number of hydrogen-bond donors (Lipinski definition) is 1. The van der Waals surface area contributed by atoms with Crippen LogP contribution in [0.3, 0.4) is 0 Å². The molecule has 0 aliphatic heterocycles. The molecule has 0 heterocycles. The normalized spacial score (nSPS) is 20.2. The number of hydrogen-bond acceptors (Lipinski definition) is 3. The largest absolute Gasteiger partial charge is 0.385 e. The summed E-state index contributed by atoms with van der Waals surface area (Å²) in [5.74, 6) is 0. The lowest BCUT2D eigenvalue weighted by Crippen LogP contribution is -2.49. The van der Waals surface area contributed by atoms with Crippen LogP contribution >= 0.6 is 0 Å². The van der Waals surface area contributed by atoms with E-state index in [1.807, 2.05) is 0 Å². The lowest BCUT2D eigenvalue weighted by atomic mass is 9.92. The van der Waals surface area contributed by atoms with Crippen LogP contribution in [0.2, 0.25) is 0 Å². The van der Waals surface area contributed by atoms with Crippen molar-refractivity contribution in [1.82, 2.24) is 5.32 Å². The first-order valence-corrected chi connectivity index (χ1v) is 7.85. The molecule has 3 nitrogen and oxygen atoms in total. The molecule has 0 aromatic carbocycles. The third-order valence-corrected chi connectivity index (χ3v) is 3.86. The molecule has 1 aliphatic carbocycles. The molecule has 1 aliphatic rings. The average molecular weight is 271 g/mol. The van der Waals surface area contributed by atoms with Gasteiger partial charge >= 0.3 is 0 Å². The number of nitrogens with one attached hydrogen (secondary N) is 1. The number of rotatable bonds is 7. The Morgan fingerprint density at radius 1 is 1.00 bits per heavy atom. The van der Waals surface area contributed by atoms with E-state index in [1.165, 1.54) is 38.5 Å². The Kier molecular flexibility index (Phi) is 7.33. The van der Waals surface area contributed by atoms with Crippen molar-refractivity contribution in [2.45, 2.75) is 76.9 Å². The zero-order chi connectivity index (χ0) is 14.2. The number of ether oxygens (including phenoxy) is 2. The summed E-state index contributed by atoms with van der Waals surface area (Å²) < 4.78 is 11.4. The van der Waals surface area contributed by atoms with Gasteiger partial charge in [0.25, 0.3) is 0 Å². The summed E-state index contributed by atoms with van der Waals surface area (Å²) in [5.41, 5.74) is 0.215. The van der Waals surface area contributed by atoms with E-state index in [9.17, 15) is 0 Å². The van der Waals surface area contributed by atoms with Gasteiger partial charge in [-0.2, -0.15) is 0 Å². The van der Waals surface area contributed by atoms with Crippen molar-refractivity contribution in [1.29, 1.82) is 0 Å². The first kappa shape index (κ1) is 16.9. The molecular weight excluding hydrogens is 238 g/mol. The summed E-state index contributed by atoms with van der Waals surface area (Å²) in [7, 11) is 1.75. The van der Waals surface area contributed by atoms with Gasteiger partial charge in [0.2, 0.25) is 0 Å². The summed E-state index contributed by atoms with van der Waals surface area (Å²) in [4.78, 5) is 0. The van der Waals surface area contributed by atoms with Crippen LogP contribution in [-0.2, 0) is 9.47 Å². The zero-order valence-electron chi connectivity index (χ0n) is 13.4. The van der Waals surface area contributed by atoms with Crippen LogP contribution in [0.1, 0.15) is 65.7 Å². The van der Waals surface area contributed by atoms with Crippen LogP contribution in [0.25, 0.3) is 0 Å². The quantitative estimate of drug-likeness (QED) is 0.567. The van der Waals surface area contributed by atoms with Gasteiger partial charge in [0, 0.05) is 32.4 Å². The van der Waals surface area contributed by atoms with Gasteiger partial charge in [0.1, 0.15) is 0 Å². The molecule has 0 saturated heterocycles. The Bertz CT molecular complexity index is 227. The molecule has 19 heavy (non-hydrogen) atoms. The van der Waals surface area contributed by atoms with Crippen LogP contribution in [0.4, 0.5) is 0 Å². The van der Waals surface area contributed by atoms with E-state index in [-0.39, 0.29) is 11.1 Å². The second kappa shape index (κ2) is 8.23. The smallest absolute Gasteiger partial charge is 0.0806 e. The van der Waals surface area contributed by atoms with E-state index in [0.717, 1.165) is 26.2 Å². The van der Waals surface area contributed by atoms with Crippen molar-refractivity contribution in [2.75, 3.05) is 26.9 Å². The minimum atomic E-state index is 0.0531. The summed E-state index contributed by atoms with van der Waals surface area (Å²) in [6.45, 7) is 9.26. The fourth-order valence-corrected chi connectivity index (χ4v) is 2.66. The van der Waals surface area contributed by atoms with Gasteiger partial charge in [-0.25, -0.2) is 0 Å². The Morgan fingerprint density at radius 2 is 1.63 bits per heavy atom. The van der Waals surface area contributed by atoms with Crippen LogP contribution in [0.5, 0.6) is 0 Å². The molecule has 114 valence electrons. The van der Waals surface area contributed by atoms with Gasteiger partial charge in [-0.3, -0.25) is 0 Å². The molecule has 0 amide bonds. The highest BCUT2D eigenvalue weighted by molar-refractivity contribution is 4.88. The van der Waals surface area contributed by atoms with Crippen LogP contribution in [-0.4, -0.2) is 38.0 Å². The highest BCUT2D eigenvalue weighted by Crippen LogP contribution is 2.30. The molecule has 1 saturated carbocycles. The Balaban J connectivity index is 2.50. The maximum atomic E-state index is 6.31. The first-order valence-electron chi connectivity index (χ1n) is 7.85. The summed E-state index contributed by atoms with van der Waals surface area (Å²) in [6, 6.07) is 0. The summed E-state index contributed by atoms with van der Waals surface area (Å²) in [5, 5.41) is 3.64. The van der Waals surface area contributed by atoms with E-state index >= 15 is 0 Å². The molecule has 0 radical (unpaired) electrons. The van der Waals surface area contributed by atoms with E-state index in [0.29, 0.717) is 0 Å². The third kappa shape index (κ3) is 7.28. The van der Waals surface area contributed by atoms with Crippen molar-refractivity contribution in [3.63, 3.8) is 0 Å². The monoisotopic (exact) mass is 271 g/mol. The van der Waals surface area contributed by atoms with Gasteiger partial charge in [0.15, 0.2) is 0 Å². The molecule has 1 N–H and O–H groups in total. The second-order valence-corrected chi connectivity index (χ2v) is 6.90. The fourth-order valence-electron chi connectivity index (χ4n) is 2.66. The predicted octanol–water partition coefficient (Wildman–Crippen LogP) is 3.52. The van der Waals surface area contributed by atoms with Crippen LogP contribution < -0.4 is 5.32 Å². The highest BCUT2D eigenvalue weighted by atomic mass is 16.5. The first-order chi connectivity index (χ1) is 8.97. The van der Waals surface area contributed by atoms with E-state index in [4.69, 9.17) is 9.47 Å². The molecule has 0 aromatic heterocycles. The third-order valence-electron chi connectivity index (χ3n) is 3.86. The van der Waals surface area contributed by atoms with Crippen molar-refractivity contribution < 1.29 is 9.47 Å². The molecule has 3 heteroatoms. The summed E-state index contributed by atoms with van der Waals surface area (Å²) in [6.07, 6.45) is 8.71. The molecule has 0 bridgehead atoms. The SMILES string of the molecule is COCCCOC1(CNC(C)(C)C)CCCCCC1. The second-order valence-electron chi connectivity index (χ2n) is 6.90. The van der Waals surface area contributed by atoms with Crippen molar-refractivity contribution in [3.05, 3.63) is 0 Å². The number of methoxy groups -OCH3 is 1. The van der Waals surface area contributed by atoms with E-state index < -0.39 is 0 Å². The molecule has 1 fully saturated rings. The Hall–Kier alpha value is -0.120. The van der Waals surface area contributed by atoms with Gasteiger partial charge in [-0.1, -0.05) is 25.7 Å². The maximum Gasteiger partial charge on any atom is 0.0806 e. The van der Waals surface area contributed by atoms with E-state index in [1.54, 1.807) is 7.11 Å². The highest BCUT2D eigenvalue weighted by Gasteiger charge is 2.32. The lowest BCUT2D eigenvalue weighted by Gasteiger charge is -2.36. The van der Waals surface area contributed by atoms with Gasteiger partial charge < -0.3 is 14.8 Å². The molecule has 0 atom stereocenters. The van der Waals surface area contributed by atoms with Gasteiger partial charge in [-0.05, 0) is 40.0 Å². The molecule has 1 rings (SSSR count). The molecule has 0 unspecified atom stereocenters. The maximum absolute atomic E-state index is 6.31. The summed E-state index contributed by atoms with van der Waals surface area (Å²) >= 11 is 0. The van der Waals surface area contributed by atoms with Crippen molar-refractivity contribution in [2.24, 2.45) is 0 Å². The topological polar surface area (TPSA) is 30.5 Å². The minimum Gasteiger partial charge on any atom is -0.385 e. The van der Waals surface area contributed by atoms with Crippen molar-refractivity contribution in [3.8, 4) is 0 Å². The predicted molar refractivity (Wildman–Crippen MR) is 80.6 cm³/mol. The molecular formula is C16H33NO2. The standard InChI is InChI=1S/C16H33NO2/c1-15(2,3)17-14-16(19-13-9-12-18-4)10-7-5-6-8-11-16/h17H,5-14H2,1-4H3. The zero-order valence-corrected chi connectivity index (χ0v) is 13.4. The van der Waals surface area contributed by atoms with E-state index in [2.05, 4.69) is 26.1 Å². The van der Waals surface area contributed by atoms with Gasteiger partial charge in [0.05, 0.1) is 5.60 Å². The fraction of sp³-hybridized carbons (Fsp3) is 1.00. The molecule has 0 aromatic rings. The van der Waals surface area contributed by atoms with Crippen molar-refractivity contribution >= 4 is 0 Å². The average Bonchev–Trinajstić information content (AvgIpc) is 2.58. The van der Waals surface area contributed by atoms with Crippen LogP contribution in [0, 0.1) is 0 Å². The molecule has 0 spiro atoms. The lowest BCUT2D eigenvalue weighted by molar-refractivity contribution is -0.0627. The minimum absolute atomic E-state index is 0.0531. The van der Waals surface area contributed by atoms with Crippen LogP contribution in [0.15, 0.2) is 0 Å². The Morgan fingerprint density at radius 3 is 2.16 bits per heavy atom. The Labute approximate surface area is 119 Å².